The SMILES string of the molecule is CC(C)(CC[C@@H]1CC[C@H]2C(C)(C)[C@H](O[Si](C)(C)C(C)(C)C)CC[C@]2(C)[C@@H](C#C[Si](C)(C)C)C1=O)CO[Si](C)(C)C(C)(C)C. The van der Waals surface area contributed by atoms with Crippen LogP contribution in [0.1, 0.15) is 115 Å². The first-order valence-electron chi connectivity index (χ1n) is 17.4. The highest BCUT2D eigenvalue weighted by atomic mass is 28.4. The second-order valence-electron chi connectivity index (χ2n) is 20.2. The van der Waals surface area contributed by atoms with Crippen molar-refractivity contribution >= 4 is 30.5 Å². The number of rotatable bonds is 8. The van der Waals surface area contributed by atoms with Crippen LogP contribution in [-0.4, -0.2) is 43.2 Å². The standard InChI is InChI=1S/C37H72O3Si3/c1-33(2,3)42(15,16)39-27-35(7,8)24-21-28-19-20-30-36(9,10)31(40-43(17,18)34(4,5)6)22-25-37(30,11)29(32(28)38)23-26-41(12,13)14/h28-31H,19-22,24-25,27H2,1-18H3/t28-,29-,30-,31+,37+/m0/s1. The molecule has 43 heavy (non-hydrogen) atoms. The van der Waals surface area contributed by atoms with E-state index >= 15 is 0 Å². The number of carbonyl (C=O) groups excluding carboxylic acids is 1. The second-order valence-corrected chi connectivity index (χ2v) is 34.5. The lowest BCUT2D eigenvalue weighted by molar-refractivity contribution is -0.135. The van der Waals surface area contributed by atoms with Crippen molar-refractivity contribution in [1.82, 2.24) is 0 Å². The molecule has 0 radical (unpaired) electrons. The molecule has 2 aliphatic rings. The van der Waals surface area contributed by atoms with Gasteiger partial charge in [0.05, 0.1) is 12.0 Å². The minimum atomic E-state index is -1.92. The highest BCUT2D eigenvalue weighted by Crippen LogP contribution is 2.60. The van der Waals surface area contributed by atoms with Crippen LogP contribution in [-0.2, 0) is 13.6 Å². The molecule has 0 amide bonds. The molecule has 5 atom stereocenters. The zero-order valence-electron chi connectivity index (χ0n) is 32.0. The number of hydrogen-bond acceptors (Lipinski definition) is 3. The van der Waals surface area contributed by atoms with Crippen LogP contribution in [0.25, 0.3) is 0 Å². The van der Waals surface area contributed by atoms with Gasteiger partial charge in [-0.25, -0.2) is 0 Å². The van der Waals surface area contributed by atoms with Gasteiger partial charge in [-0.15, -0.1) is 5.54 Å². The monoisotopic (exact) mass is 648 g/mol. The molecule has 0 heterocycles. The van der Waals surface area contributed by atoms with E-state index in [1.807, 2.05) is 0 Å². The van der Waals surface area contributed by atoms with Crippen LogP contribution in [0.15, 0.2) is 0 Å². The summed E-state index contributed by atoms with van der Waals surface area (Å²) in [6.45, 7) is 43.1. The molecule has 2 saturated carbocycles. The average Bonchev–Trinajstić information content (AvgIpc) is 2.89. The fraction of sp³-hybridized carbons (Fsp3) is 0.919. The van der Waals surface area contributed by atoms with E-state index in [0.717, 1.165) is 45.1 Å². The molecule has 0 spiro atoms. The first-order chi connectivity index (χ1) is 19.0. The largest absolute Gasteiger partial charge is 0.416 e. The lowest BCUT2D eigenvalue weighted by atomic mass is 9.51. The summed E-state index contributed by atoms with van der Waals surface area (Å²) >= 11 is 0. The van der Waals surface area contributed by atoms with Crippen molar-refractivity contribution in [3.05, 3.63) is 0 Å². The third kappa shape index (κ3) is 9.21. The molecule has 0 aromatic carbocycles. The maximum absolute atomic E-state index is 14.6. The molecule has 0 unspecified atom stereocenters. The highest BCUT2D eigenvalue weighted by molar-refractivity contribution is 6.83. The van der Waals surface area contributed by atoms with Gasteiger partial charge >= 0.3 is 0 Å². The van der Waals surface area contributed by atoms with Gasteiger partial charge in [-0.05, 0) is 97.0 Å². The van der Waals surface area contributed by atoms with Crippen molar-refractivity contribution in [2.24, 2.45) is 34.0 Å². The minimum absolute atomic E-state index is 0.00689. The first-order valence-corrected chi connectivity index (χ1v) is 26.7. The van der Waals surface area contributed by atoms with Gasteiger partial charge in [-0.3, -0.25) is 4.79 Å². The van der Waals surface area contributed by atoms with E-state index in [1.54, 1.807) is 0 Å². The third-order valence-electron chi connectivity index (χ3n) is 12.3. The lowest BCUT2D eigenvalue weighted by Crippen LogP contribution is -2.57. The topological polar surface area (TPSA) is 35.5 Å². The van der Waals surface area contributed by atoms with Crippen molar-refractivity contribution < 1.29 is 13.6 Å². The Hall–Kier alpha value is -0.199. The van der Waals surface area contributed by atoms with Gasteiger partial charge in [0.1, 0.15) is 8.07 Å². The molecule has 6 heteroatoms. The zero-order chi connectivity index (χ0) is 33.7. The Labute approximate surface area is 272 Å². The van der Waals surface area contributed by atoms with E-state index in [4.69, 9.17) is 8.85 Å². The Bertz CT molecular complexity index is 1040. The van der Waals surface area contributed by atoms with Gasteiger partial charge in [-0.1, -0.05) is 102 Å². The van der Waals surface area contributed by atoms with Crippen LogP contribution >= 0.6 is 0 Å². The summed E-state index contributed by atoms with van der Waals surface area (Å²) in [7, 11) is -5.38. The minimum Gasteiger partial charge on any atom is -0.416 e. The summed E-state index contributed by atoms with van der Waals surface area (Å²) in [4.78, 5) is 14.6. The van der Waals surface area contributed by atoms with Crippen LogP contribution in [0.4, 0.5) is 0 Å². The van der Waals surface area contributed by atoms with Gasteiger partial charge in [0, 0.05) is 12.5 Å². The molecule has 250 valence electrons. The molecule has 0 aliphatic heterocycles. The Morgan fingerprint density at radius 2 is 1.35 bits per heavy atom. The second kappa shape index (κ2) is 12.8. The van der Waals surface area contributed by atoms with Crippen LogP contribution in [0.2, 0.25) is 55.9 Å². The van der Waals surface area contributed by atoms with E-state index in [9.17, 15) is 4.79 Å². The van der Waals surface area contributed by atoms with Crippen LogP contribution in [0.3, 0.4) is 0 Å². The van der Waals surface area contributed by atoms with E-state index in [2.05, 4.69) is 133 Å². The van der Waals surface area contributed by atoms with Crippen molar-refractivity contribution in [3.63, 3.8) is 0 Å². The Morgan fingerprint density at radius 1 is 0.814 bits per heavy atom. The first kappa shape index (κ1) is 39.0. The molecule has 0 N–H and O–H groups in total. The quantitative estimate of drug-likeness (QED) is 0.194. The van der Waals surface area contributed by atoms with Gasteiger partial charge in [0.15, 0.2) is 22.4 Å². The van der Waals surface area contributed by atoms with Gasteiger partial charge in [0.2, 0.25) is 0 Å². The fourth-order valence-electron chi connectivity index (χ4n) is 6.96. The van der Waals surface area contributed by atoms with E-state index in [-0.39, 0.29) is 44.3 Å². The average molecular weight is 649 g/mol. The molecule has 2 fully saturated rings. The number of hydrogen-bond donors (Lipinski definition) is 0. The summed E-state index contributed by atoms with van der Waals surface area (Å²) in [6, 6.07) is 0. The van der Waals surface area contributed by atoms with Gasteiger partial charge in [-0.2, -0.15) is 0 Å². The number of ketones is 1. The van der Waals surface area contributed by atoms with Crippen LogP contribution in [0, 0.1) is 45.5 Å². The molecule has 0 saturated heterocycles. The summed E-state index contributed by atoms with van der Waals surface area (Å²) in [6.07, 6.45) is 6.28. The van der Waals surface area contributed by atoms with E-state index < -0.39 is 24.7 Å². The normalized spacial score (nSPS) is 29.4. The molecular formula is C37H72O3Si3. The Kier molecular flexibility index (Phi) is 11.6. The van der Waals surface area contributed by atoms with Crippen molar-refractivity contribution in [1.29, 1.82) is 0 Å². The summed E-state index contributed by atoms with van der Waals surface area (Å²) in [5.41, 5.74) is 3.60. The molecular weight excluding hydrogens is 577 g/mol. The fourth-order valence-corrected chi connectivity index (χ4v) is 10.2. The summed E-state index contributed by atoms with van der Waals surface area (Å²) in [5, 5.41) is 0.383. The van der Waals surface area contributed by atoms with Crippen LogP contribution < -0.4 is 0 Å². The maximum atomic E-state index is 14.6. The predicted molar refractivity (Wildman–Crippen MR) is 195 cm³/mol. The number of carbonyl (C=O) groups is 1. The van der Waals surface area contributed by atoms with Crippen molar-refractivity contribution in [2.75, 3.05) is 6.61 Å². The van der Waals surface area contributed by atoms with E-state index in [1.165, 1.54) is 0 Å². The maximum Gasteiger partial charge on any atom is 0.192 e. The van der Waals surface area contributed by atoms with Crippen LogP contribution in [0.5, 0.6) is 0 Å². The zero-order valence-corrected chi connectivity index (χ0v) is 35.0. The van der Waals surface area contributed by atoms with Gasteiger partial charge in [0.25, 0.3) is 0 Å². The molecule has 3 nitrogen and oxygen atoms in total. The van der Waals surface area contributed by atoms with Gasteiger partial charge < -0.3 is 8.85 Å². The van der Waals surface area contributed by atoms with Crippen molar-refractivity contribution in [3.8, 4) is 11.5 Å². The molecule has 0 aromatic heterocycles. The highest BCUT2D eigenvalue weighted by Gasteiger charge is 2.59. The molecule has 2 aliphatic carbocycles. The molecule has 2 rings (SSSR count). The third-order valence-corrected chi connectivity index (χ3v) is 22.1. The Morgan fingerprint density at radius 3 is 1.84 bits per heavy atom. The lowest BCUT2D eigenvalue weighted by Gasteiger charge is -2.57. The molecule has 0 aromatic rings. The Balaban J connectivity index is 2.40. The summed E-state index contributed by atoms with van der Waals surface area (Å²) < 4.78 is 13.8. The smallest absolute Gasteiger partial charge is 0.192 e. The summed E-state index contributed by atoms with van der Waals surface area (Å²) in [5.74, 6) is 4.44. The predicted octanol–water partition coefficient (Wildman–Crippen LogP) is 11.1. The number of fused-ring (bicyclic) bond motifs is 1. The van der Waals surface area contributed by atoms with Crippen molar-refractivity contribution in [2.45, 2.75) is 177 Å². The van der Waals surface area contributed by atoms with E-state index in [0.29, 0.717) is 11.7 Å². The molecule has 0 bridgehead atoms. The number of Topliss-reactive ketones (excluding diaryl/α,β-unsaturated/α-hetero) is 1.